The number of carbonyl (C=O) groups excluding carboxylic acids is 1. The second-order valence-corrected chi connectivity index (χ2v) is 7.49. The van der Waals surface area contributed by atoms with Crippen molar-refractivity contribution in [1.82, 2.24) is 15.1 Å². The Kier molecular flexibility index (Phi) is 4.23. The number of carbonyl (C=O) groups is 1. The predicted octanol–water partition coefficient (Wildman–Crippen LogP) is 2.65. The van der Waals surface area contributed by atoms with Gasteiger partial charge in [-0.1, -0.05) is 20.3 Å². The number of nitrogens with zero attached hydrogens (tertiary/aromatic N) is 2. The van der Waals surface area contributed by atoms with E-state index in [2.05, 4.69) is 24.3 Å². The van der Waals surface area contributed by atoms with Crippen molar-refractivity contribution in [2.75, 3.05) is 6.54 Å². The standard InChI is InChI=1S/C16H23N3O2S/c1-9(2)14-11-7-13(22-16(11)19(3)18-14)15(21)17-8-10-5-4-6-12(10)20/h7,9-10,12,20H,4-6,8H2,1-3H3,(H,17,21). The second-order valence-electron chi connectivity index (χ2n) is 6.46. The first kappa shape index (κ1) is 15.5. The molecule has 0 aliphatic heterocycles. The van der Waals surface area contributed by atoms with Gasteiger partial charge in [-0.2, -0.15) is 5.10 Å². The number of aliphatic hydroxyl groups is 1. The van der Waals surface area contributed by atoms with E-state index in [-0.39, 0.29) is 17.9 Å². The number of aromatic nitrogens is 2. The quantitative estimate of drug-likeness (QED) is 0.910. The van der Waals surface area contributed by atoms with Crippen LogP contribution in [-0.4, -0.2) is 33.4 Å². The molecule has 2 N–H and O–H groups in total. The van der Waals surface area contributed by atoms with Gasteiger partial charge in [0.1, 0.15) is 4.83 Å². The Morgan fingerprint density at radius 1 is 1.55 bits per heavy atom. The van der Waals surface area contributed by atoms with Crippen molar-refractivity contribution in [3.8, 4) is 0 Å². The summed E-state index contributed by atoms with van der Waals surface area (Å²) in [7, 11) is 1.92. The van der Waals surface area contributed by atoms with Crippen LogP contribution in [0.1, 0.15) is 54.4 Å². The van der Waals surface area contributed by atoms with Gasteiger partial charge < -0.3 is 10.4 Å². The minimum atomic E-state index is -0.264. The normalized spacial score (nSPS) is 21.9. The number of amides is 1. The van der Waals surface area contributed by atoms with Crippen LogP contribution in [0.4, 0.5) is 0 Å². The van der Waals surface area contributed by atoms with Gasteiger partial charge in [0.2, 0.25) is 0 Å². The fourth-order valence-corrected chi connectivity index (χ4v) is 4.17. The molecule has 2 aromatic heterocycles. The molecule has 0 spiro atoms. The highest BCUT2D eigenvalue weighted by Gasteiger charge is 2.26. The maximum Gasteiger partial charge on any atom is 0.261 e. The molecule has 3 rings (SSSR count). The van der Waals surface area contributed by atoms with Crippen molar-refractivity contribution in [3.05, 3.63) is 16.6 Å². The Morgan fingerprint density at radius 2 is 2.32 bits per heavy atom. The van der Waals surface area contributed by atoms with Gasteiger partial charge in [0.25, 0.3) is 5.91 Å². The lowest BCUT2D eigenvalue weighted by Crippen LogP contribution is -2.32. The molecule has 1 aliphatic rings. The van der Waals surface area contributed by atoms with E-state index in [0.29, 0.717) is 12.5 Å². The summed E-state index contributed by atoms with van der Waals surface area (Å²) in [5.74, 6) is 0.490. The van der Waals surface area contributed by atoms with Gasteiger partial charge in [-0.3, -0.25) is 9.48 Å². The maximum absolute atomic E-state index is 12.4. The Hall–Kier alpha value is -1.40. The molecule has 1 fully saturated rings. The van der Waals surface area contributed by atoms with E-state index >= 15 is 0 Å². The average Bonchev–Trinajstić information content (AvgIpc) is 3.13. The van der Waals surface area contributed by atoms with E-state index in [1.807, 2.05) is 17.8 Å². The van der Waals surface area contributed by atoms with E-state index in [1.54, 1.807) is 0 Å². The van der Waals surface area contributed by atoms with E-state index in [4.69, 9.17) is 0 Å². The number of hydrogen-bond donors (Lipinski definition) is 2. The summed E-state index contributed by atoms with van der Waals surface area (Å²) >= 11 is 1.48. The van der Waals surface area contributed by atoms with Crippen molar-refractivity contribution in [1.29, 1.82) is 0 Å². The number of hydrogen-bond acceptors (Lipinski definition) is 4. The molecule has 120 valence electrons. The van der Waals surface area contributed by atoms with Gasteiger partial charge in [-0.25, -0.2) is 0 Å². The summed E-state index contributed by atoms with van der Waals surface area (Å²) < 4.78 is 1.85. The Labute approximate surface area is 134 Å². The van der Waals surface area contributed by atoms with Gasteiger partial charge in [0, 0.05) is 24.9 Å². The first-order valence-electron chi connectivity index (χ1n) is 7.90. The number of aliphatic hydroxyl groups excluding tert-OH is 1. The van der Waals surface area contributed by atoms with Crippen molar-refractivity contribution < 1.29 is 9.90 Å². The van der Waals surface area contributed by atoms with Gasteiger partial charge in [-0.05, 0) is 24.8 Å². The molecular formula is C16H23N3O2S. The molecule has 1 saturated carbocycles. The van der Waals surface area contributed by atoms with Crippen LogP contribution in [0.3, 0.4) is 0 Å². The van der Waals surface area contributed by atoms with Crippen LogP contribution in [0.2, 0.25) is 0 Å². The summed E-state index contributed by atoms with van der Waals surface area (Å²) in [5.41, 5.74) is 1.04. The van der Waals surface area contributed by atoms with Crippen molar-refractivity contribution in [2.24, 2.45) is 13.0 Å². The summed E-state index contributed by atoms with van der Waals surface area (Å²) in [6.07, 6.45) is 2.63. The molecule has 1 aliphatic carbocycles. The van der Waals surface area contributed by atoms with Gasteiger partial charge in [0.15, 0.2) is 0 Å². The largest absolute Gasteiger partial charge is 0.393 e. The predicted molar refractivity (Wildman–Crippen MR) is 88.4 cm³/mol. The minimum Gasteiger partial charge on any atom is -0.393 e. The maximum atomic E-state index is 12.4. The Balaban J connectivity index is 1.75. The van der Waals surface area contributed by atoms with Crippen molar-refractivity contribution in [2.45, 2.75) is 45.1 Å². The van der Waals surface area contributed by atoms with E-state index < -0.39 is 0 Å². The summed E-state index contributed by atoms with van der Waals surface area (Å²) in [6, 6.07) is 1.95. The first-order valence-corrected chi connectivity index (χ1v) is 8.71. The van der Waals surface area contributed by atoms with E-state index in [9.17, 15) is 9.90 Å². The zero-order valence-corrected chi connectivity index (χ0v) is 14.1. The van der Waals surface area contributed by atoms with Crippen LogP contribution in [0.25, 0.3) is 10.2 Å². The van der Waals surface area contributed by atoms with Crippen LogP contribution in [0.5, 0.6) is 0 Å². The van der Waals surface area contributed by atoms with Crippen molar-refractivity contribution >= 4 is 27.5 Å². The summed E-state index contributed by atoms with van der Waals surface area (Å²) in [6.45, 7) is 4.78. The Morgan fingerprint density at radius 3 is 2.95 bits per heavy atom. The zero-order valence-electron chi connectivity index (χ0n) is 13.3. The highest BCUT2D eigenvalue weighted by molar-refractivity contribution is 7.20. The average molecular weight is 321 g/mol. The molecule has 5 nitrogen and oxygen atoms in total. The molecule has 6 heteroatoms. The van der Waals surface area contributed by atoms with Crippen LogP contribution < -0.4 is 5.32 Å². The lowest BCUT2D eigenvalue weighted by Gasteiger charge is -2.14. The lowest BCUT2D eigenvalue weighted by molar-refractivity contribution is 0.0921. The van der Waals surface area contributed by atoms with Gasteiger partial charge in [-0.15, -0.1) is 11.3 Å². The molecule has 22 heavy (non-hydrogen) atoms. The number of thiophene rings is 1. The highest BCUT2D eigenvalue weighted by Crippen LogP contribution is 2.31. The minimum absolute atomic E-state index is 0.0463. The molecule has 0 radical (unpaired) electrons. The molecule has 2 aromatic rings. The van der Waals surface area contributed by atoms with Crippen LogP contribution >= 0.6 is 11.3 Å². The molecule has 0 saturated heterocycles. The monoisotopic (exact) mass is 321 g/mol. The molecule has 2 heterocycles. The van der Waals surface area contributed by atoms with Gasteiger partial charge >= 0.3 is 0 Å². The number of aryl methyl sites for hydroxylation is 1. The van der Waals surface area contributed by atoms with Crippen LogP contribution in [-0.2, 0) is 7.05 Å². The lowest BCUT2D eigenvalue weighted by atomic mass is 10.1. The molecule has 0 bridgehead atoms. The number of fused-ring (bicyclic) bond motifs is 1. The highest BCUT2D eigenvalue weighted by atomic mass is 32.1. The third-order valence-corrected chi connectivity index (χ3v) is 5.66. The topological polar surface area (TPSA) is 67.2 Å². The fraction of sp³-hybridized carbons (Fsp3) is 0.625. The third kappa shape index (κ3) is 2.77. The smallest absolute Gasteiger partial charge is 0.261 e. The molecular weight excluding hydrogens is 298 g/mol. The van der Waals surface area contributed by atoms with Gasteiger partial charge in [0.05, 0.1) is 16.7 Å². The van der Waals surface area contributed by atoms with Crippen LogP contribution in [0.15, 0.2) is 6.07 Å². The fourth-order valence-electron chi connectivity index (χ4n) is 3.17. The first-order chi connectivity index (χ1) is 10.5. The zero-order chi connectivity index (χ0) is 15.9. The summed E-state index contributed by atoms with van der Waals surface area (Å²) in [5, 5.41) is 18.4. The SMILES string of the molecule is CC(C)c1nn(C)c2sc(C(=O)NCC3CCCC3O)cc12. The number of rotatable bonds is 4. The molecule has 2 atom stereocenters. The third-order valence-electron chi connectivity index (χ3n) is 4.45. The van der Waals surface area contributed by atoms with E-state index in [0.717, 1.165) is 40.1 Å². The molecule has 1 amide bonds. The van der Waals surface area contributed by atoms with Crippen molar-refractivity contribution in [3.63, 3.8) is 0 Å². The Bertz CT molecular complexity index is 689. The van der Waals surface area contributed by atoms with E-state index in [1.165, 1.54) is 11.3 Å². The van der Waals surface area contributed by atoms with Crippen LogP contribution in [0, 0.1) is 5.92 Å². The molecule has 2 unspecified atom stereocenters. The second kappa shape index (κ2) is 6.01. The number of nitrogens with one attached hydrogen (secondary N) is 1. The molecule has 0 aromatic carbocycles. The summed E-state index contributed by atoms with van der Waals surface area (Å²) in [4.78, 5) is 14.1.